The molecule has 32 heavy (non-hydrogen) atoms. The molecule has 2 saturated heterocycles. The molecule has 2 heterocycles. The average molecular weight is 467 g/mol. The summed E-state index contributed by atoms with van der Waals surface area (Å²) in [5, 5.41) is 0.475. The first-order chi connectivity index (χ1) is 15.3. The highest BCUT2D eigenvalue weighted by Crippen LogP contribution is 2.34. The summed E-state index contributed by atoms with van der Waals surface area (Å²) in [7, 11) is 0. The van der Waals surface area contributed by atoms with Crippen LogP contribution in [-0.4, -0.2) is 43.0 Å². The number of amides is 1. The standard InChI is InChI=1S/C23H26ClF3N4O/c24-18-4-3-5-19(15-18)28-29-22(32)16-12-17(23(25,26)27)14-21(13-16)31-10-6-20(7-11-31)30-8-1-2-9-30/h3-5,12-15,20,28H,1-2,6-11H2,(H,29,32). The fourth-order valence-corrected chi connectivity index (χ4v) is 4.64. The van der Waals surface area contributed by atoms with Crippen LogP contribution < -0.4 is 15.8 Å². The zero-order valence-electron chi connectivity index (χ0n) is 17.6. The van der Waals surface area contributed by atoms with Crippen molar-refractivity contribution in [2.45, 2.75) is 37.9 Å². The van der Waals surface area contributed by atoms with Crippen molar-refractivity contribution in [1.82, 2.24) is 10.3 Å². The Bertz CT molecular complexity index is 954. The minimum atomic E-state index is -4.54. The number of halogens is 4. The molecular weight excluding hydrogens is 441 g/mol. The van der Waals surface area contributed by atoms with Gasteiger partial charge in [0.2, 0.25) is 0 Å². The van der Waals surface area contributed by atoms with Crippen LogP contribution in [0.15, 0.2) is 42.5 Å². The molecule has 0 spiro atoms. The Morgan fingerprint density at radius 2 is 1.72 bits per heavy atom. The number of piperidine rings is 1. The SMILES string of the molecule is O=C(NNc1cccc(Cl)c1)c1cc(N2CCC(N3CCCC3)CC2)cc(C(F)(F)F)c1. The molecule has 0 saturated carbocycles. The smallest absolute Gasteiger partial charge is 0.371 e. The number of benzene rings is 2. The van der Waals surface area contributed by atoms with Crippen molar-refractivity contribution in [3.8, 4) is 0 Å². The van der Waals surface area contributed by atoms with Gasteiger partial charge < -0.3 is 9.80 Å². The predicted molar refractivity (Wildman–Crippen MR) is 120 cm³/mol. The highest BCUT2D eigenvalue weighted by Gasteiger charge is 2.33. The number of hydrazine groups is 1. The lowest BCUT2D eigenvalue weighted by atomic mass is 10.0. The van der Waals surface area contributed by atoms with Gasteiger partial charge in [0, 0.05) is 35.4 Å². The van der Waals surface area contributed by atoms with Gasteiger partial charge >= 0.3 is 6.18 Å². The van der Waals surface area contributed by atoms with Gasteiger partial charge in [-0.25, -0.2) is 0 Å². The topological polar surface area (TPSA) is 47.6 Å². The maximum Gasteiger partial charge on any atom is 0.416 e. The molecule has 0 unspecified atom stereocenters. The first-order valence-corrected chi connectivity index (χ1v) is 11.2. The van der Waals surface area contributed by atoms with E-state index in [4.69, 9.17) is 11.6 Å². The fourth-order valence-electron chi connectivity index (χ4n) is 4.45. The molecule has 5 nitrogen and oxygen atoms in total. The van der Waals surface area contributed by atoms with Gasteiger partial charge in [0.15, 0.2) is 0 Å². The Kier molecular flexibility index (Phi) is 6.81. The van der Waals surface area contributed by atoms with Crippen LogP contribution in [0.1, 0.15) is 41.6 Å². The van der Waals surface area contributed by atoms with Gasteiger partial charge in [-0.1, -0.05) is 17.7 Å². The van der Waals surface area contributed by atoms with E-state index in [-0.39, 0.29) is 5.56 Å². The van der Waals surface area contributed by atoms with Gasteiger partial charge in [0.05, 0.1) is 11.3 Å². The Balaban J connectivity index is 1.49. The molecule has 172 valence electrons. The third-order valence-corrected chi connectivity index (χ3v) is 6.37. The first-order valence-electron chi connectivity index (χ1n) is 10.8. The monoisotopic (exact) mass is 466 g/mol. The number of hydrogen-bond donors (Lipinski definition) is 2. The average Bonchev–Trinajstić information content (AvgIpc) is 3.32. The maximum atomic E-state index is 13.6. The van der Waals surface area contributed by atoms with Crippen LogP contribution in [0.5, 0.6) is 0 Å². The molecular formula is C23H26ClF3N4O. The van der Waals surface area contributed by atoms with E-state index in [2.05, 4.69) is 15.8 Å². The lowest BCUT2D eigenvalue weighted by Gasteiger charge is -2.38. The number of likely N-dealkylation sites (tertiary alicyclic amines) is 1. The molecule has 0 radical (unpaired) electrons. The normalized spacial score (nSPS) is 18.1. The minimum Gasteiger partial charge on any atom is -0.371 e. The third-order valence-electron chi connectivity index (χ3n) is 6.14. The highest BCUT2D eigenvalue weighted by atomic mass is 35.5. The van der Waals surface area contributed by atoms with Gasteiger partial charge in [-0.15, -0.1) is 0 Å². The fraction of sp³-hybridized carbons (Fsp3) is 0.435. The third kappa shape index (κ3) is 5.48. The van der Waals surface area contributed by atoms with Crippen molar-refractivity contribution in [2.75, 3.05) is 36.5 Å². The summed E-state index contributed by atoms with van der Waals surface area (Å²) in [5.74, 6) is -0.649. The summed E-state index contributed by atoms with van der Waals surface area (Å²) in [6.45, 7) is 3.56. The van der Waals surface area contributed by atoms with E-state index in [0.717, 1.165) is 38.1 Å². The van der Waals surface area contributed by atoms with Crippen molar-refractivity contribution in [3.05, 3.63) is 58.6 Å². The summed E-state index contributed by atoms with van der Waals surface area (Å²) >= 11 is 5.92. The Labute approximate surface area is 190 Å². The van der Waals surface area contributed by atoms with Gasteiger partial charge in [-0.3, -0.25) is 15.6 Å². The Hall–Kier alpha value is -2.45. The van der Waals surface area contributed by atoms with E-state index in [1.807, 2.05) is 4.90 Å². The summed E-state index contributed by atoms with van der Waals surface area (Å²) in [6, 6.07) is 10.7. The number of nitrogens with zero attached hydrogens (tertiary/aromatic N) is 2. The van der Waals surface area contributed by atoms with Crippen molar-refractivity contribution < 1.29 is 18.0 Å². The number of nitrogens with one attached hydrogen (secondary N) is 2. The second-order valence-corrected chi connectivity index (χ2v) is 8.75. The number of anilines is 2. The minimum absolute atomic E-state index is 0.0500. The molecule has 0 atom stereocenters. The van der Waals surface area contributed by atoms with Crippen molar-refractivity contribution in [2.24, 2.45) is 0 Å². The molecule has 2 aliphatic rings. The van der Waals surface area contributed by atoms with E-state index in [1.165, 1.54) is 18.9 Å². The summed E-state index contributed by atoms with van der Waals surface area (Å²) in [6.07, 6.45) is -0.285. The van der Waals surface area contributed by atoms with E-state index >= 15 is 0 Å². The lowest BCUT2D eigenvalue weighted by Crippen LogP contribution is -2.44. The Morgan fingerprint density at radius 3 is 2.38 bits per heavy atom. The molecule has 0 bridgehead atoms. The number of carbonyl (C=O) groups is 1. The van der Waals surface area contributed by atoms with Crippen molar-refractivity contribution in [3.63, 3.8) is 0 Å². The molecule has 0 aliphatic carbocycles. The molecule has 4 rings (SSSR count). The molecule has 1 amide bonds. The number of hydrogen-bond acceptors (Lipinski definition) is 4. The number of carbonyl (C=O) groups excluding carboxylic acids is 1. The molecule has 0 aromatic heterocycles. The second kappa shape index (κ2) is 9.58. The van der Waals surface area contributed by atoms with Crippen LogP contribution in [0, 0.1) is 0 Å². The van der Waals surface area contributed by atoms with Crippen LogP contribution in [0.4, 0.5) is 24.5 Å². The highest BCUT2D eigenvalue weighted by molar-refractivity contribution is 6.30. The number of alkyl halides is 3. The summed E-state index contributed by atoms with van der Waals surface area (Å²) in [5.41, 5.74) is 5.22. The van der Waals surface area contributed by atoms with Crippen LogP contribution in [0.3, 0.4) is 0 Å². The van der Waals surface area contributed by atoms with Crippen LogP contribution in [0.25, 0.3) is 0 Å². The van der Waals surface area contributed by atoms with Crippen LogP contribution in [0.2, 0.25) is 5.02 Å². The zero-order valence-corrected chi connectivity index (χ0v) is 18.3. The number of rotatable bonds is 5. The van der Waals surface area contributed by atoms with E-state index in [9.17, 15) is 18.0 Å². The van der Waals surface area contributed by atoms with Gasteiger partial charge in [0.25, 0.3) is 5.91 Å². The molecule has 2 aliphatic heterocycles. The second-order valence-electron chi connectivity index (χ2n) is 8.32. The molecule has 2 fully saturated rings. The Morgan fingerprint density at radius 1 is 1.00 bits per heavy atom. The molecule has 2 N–H and O–H groups in total. The zero-order chi connectivity index (χ0) is 22.7. The van der Waals surface area contributed by atoms with Gasteiger partial charge in [-0.05, 0) is 75.2 Å². The van der Waals surface area contributed by atoms with E-state index in [0.29, 0.717) is 35.5 Å². The van der Waals surface area contributed by atoms with Crippen molar-refractivity contribution >= 4 is 28.9 Å². The lowest BCUT2D eigenvalue weighted by molar-refractivity contribution is -0.137. The quantitative estimate of drug-likeness (QED) is 0.596. The van der Waals surface area contributed by atoms with Gasteiger partial charge in [-0.2, -0.15) is 13.2 Å². The maximum absolute atomic E-state index is 13.6. The van der Waals surface area contributed by atoms with E-state index in [1.54, 1.807) is 24.3 Å². The van der Waals surface area contributed by atoms with Crippen LogP contribution in [-0.2, 0) is 6.18 Å². The molecule has 9 heteroatoms. The molecule has 2 aromatic carbocycles. The first kappa shape index (κ1) is 22.7. The van der Waals surface area contributed by atoms with E-state index < -0.39 is 17.6 Å². The van der Waals surface area contributed by atoms with Crippen molar-refractivity contribution in [1.29, 1.82) is 0 Å². The summed E-state index contributed by atoms with van der Waals surface area (Å²) in [4.78, 5) is 17.1. The summed E-state index contributed by atoms with van der Waals surface area (Å²) < 4.78 is 40.7. The predicted octanol–water partition coefficient (Wildman–Crippen LogP) is 5.18. The van der Waals surface area contributed by atoms with Crippen LogP contribution >= 0.6 is 11.6 Å². The van der Waals surface area contributed by atoms with Gasteiger partial charge in [0.1, 0.15) is 0 Å². The molecule has 2 aromatic rings. The largest absolute Gasteiger partial charge is 0.416 e.